The molecular formula is C16H25F3N4S. The lowest BCUT2D eigenvalue weighted by molar-refractivity contribution is -0.183. The van der Waals surface area contributed by atoms with Crippen molar-refractivity contribution >= 4 is 17.3 Å². The third-order valence-corrected chi connectivity index (χ3v) is 5.27. The highest BCUT2D eigenvalue weighted by Crippen LogP contribution is 2.37. The van der Waals surface area contributed by atoms with Crippen LogP contribution in [0.3, 0.4) is 0 Å². The van der Waals surface area contributed by atoms with Gasteiger partial charge in [0.15, 0.2) is 5.96 Å². The van der Waals surface area contributed by atoms with Gasteiger partial charge in [-0.15, -0.1) is 11.3 Å². The molecule has 0 saturated heterocycles. The Hall–Kier alpha value is -1.31. The molecule has 1 aliphatic carbocycles. The Morgan fingerprint density at radius 1 is 1.38 bits per heavy atom. The van der Waals surface area contributed by atoms with Gasteiger partial charge in [-0.2, -0.15) is 13.2 Å². The molecule has 8 heteroatoms. The van der Waals surface area contributed by atoms with Crippen LogP contribution < -0.4 is 10.6 Å². The van der Waals surface area contributed by atoms with Crippen LogP contribution in [0.1, 0.15) is 49.4 Å². The molecule has 2 rings (SSSR count). The van der Waals surface area contributed by atoms with Crippen LogP contribution in [-0.2, 0) is 13.0 Å². The summed E-state index contributed by atoms with van der Waals surface area (Å²) in [5.74, 6) is -0.642. The zero-order chi connectivity index (χ0) is 17.6. The van der Waals surface area contributed by atoms with Gasteiger partial charge in [0.2, 0.25) is 0 Å². The molecule has 0 bridgehead atoms. The molecule has 0 spiro atoms. The van der Waals surface area contributed by atoms with E-state index < -0.39 is 12.1 Å². The SMILES string of the molecule is CCNC(=NCc1ncc(CC)s1)NC1CCCC(C(F)(F)F)C1. The van der Waals surface area contributed by atoms with E-state index in [0.29, 0.717) is 25.5 Å². The van der Waals surface area contributed by atoms with E-state index >= 15 is 0 Å². The summed E-state index contributed by atoms with van der Waals surface area (Å²) in [6.45, 7) is 5.12. The van der Waals surface area contributed by atoms with Crippen molar-refractivity contribution in [3.63, 3.8) is 0 Å². The van der Waals surface area contributed by atoms with Crippen molar-refractivity contribution in [1.82, 2.24) is 15.6 Å². The summed E-state index contributed by atoms with van der Waals surface area (Å²) in [5.41, 5.74) is 0. The van der Waals surface area contributed by atoms with Crippen LogP contribution in [0.2, 0.25) is 0 Å². The number of halogens is 3. The van der Waals surface area contributed by atoms with Gasteiger partial charge in [-0.05, 0) is 32.6 Å². The van der Waals surface area contributed by atoms with E-state index in [2.05, 4.69) is 27.5 Å². The van der Waals surface area contributed by atoms with Gasteiger partial charge in [0.05, 0.1) is 12.5 Å². The zero-order valence-corrected chi connectivity index (χ0v) is 14.9. The van der Waals surface area contributed by atoms with Crippen molar-refractivity contribution in [2.75, 3.05) is 6.54 Å². The molecule has 1 heterocycles. The van der Waals surface area contributed by atoms with Crippen LogP contribution in [0.5, 0.6) is 0 Å². The zero-order valence-electron chi connectivity index (χ0n) is 14.1. The van der Waals surface area contributed by atoms with Crippen molar-refractivity contribution in [2.24, 2.45) is 10.9 Å². The van der Waals surface area contributed by atoms with Gasteiger partial charge in [-0.3, -0.25) is 0 Å². The fourth-order valence-electron chi connectivity index (χ4n) is 2.86. The minimum Gasteiger partial charge on any atom is -0.357 e. The second-order valence-electron chi connectivity index (χ2n) is 6.02. The Kier molecular flexibility index (Phi) is 6.89. The Labute approximate surface area is 145 Å². The lowest BCUT2D eigenvalue weighted by Crippen LogP contribution is -2.46. The monoisotopic (exact) mass is 362 g/mol. The van der Waals surface area contributed by atoms with Gasteiger partial charge >= 0.3 is 6.18 Å². The standard InChI is InChI=1S/C16H25F3N4S/c1-3-13-9-21-14(24-13)10-22-15(20-4-2)23-12-7-5-6-11(8-12)16(17,18)19/h9,11-12H,3-8,10H2,1-2H3,(H2,20,22,23). The number of alkyl halides is 3. The Balaban J connectivity index is 1.95. The minimum atomic E-state index is -4.10. The topological polar surface area (TPSA) is 49.3 Å². The number of aryl methyl sites for hydroxylation is 1. The Morgan fingerprint density at radius 3 is 2.79 bits per heavy atom. The number of guanidine groups is 1. The van der Waals surface area contributed by atoms with E-state index in [1.165, 1.54) is 4.88 Å². The van der Waals surface area contributed by atoms with Crippen molar-refractivity contribution in [3.8, 4) is 0 Å². The van der Waals surface area contributed by atoms with Gasteiger partial charge < -0.3 is 10.6 Å². The molecule has 0 radical (unpaired) electrons. The lowest BCUT2D eigenvalue weighted by atomic mass is 9.85. The first-order valence-electron chi connectivity index (χ1n) is 8.47. The number of aromatic nitrogens is 1. The number of hydrogen-bond acceptors (Lipinski definition) is 3. The molecule has 136 valence electrons. The first kappa shape index (κ1) is 19.0. The molecule has 24 heavy (non-hydrogen) atoms. The second kappa shape index (κ2) is 8.69. The molecular weight excluding hydrogens is 337 g/mol. The summed E-state index contributed by atoms with van der Waals surface area (Å²) in [5, 5.41) is 7.19. The second-order valence-corrected chi connectivity index (χ2v) is 7.22. The molecule has 1 aliphatic rings. The van der Waals surface area contributed by atoms with Crippen LogP contribution in [0.4, 0.5) is 13.2 Å². The molecule has 1 aromatic rings. The number of nitrogens with zero attached hydrogens (tertiary/aromatic N) is 2. The number of thiazole rings is 1. The maximum atomic E-state index is 12.9. The minimum absolute atomic E-state index is 0.116. The lowest BCUT2D eigenvalue weighted by Gasteiger charge is -2.31. The highest BCUT2D eigenvalue weighted by molar-refractivity contribution is 7.11. The third-order valence-electron chi connectivity index (χ3n) is 4.14. The molecule has 2 atom stereocenters. The highest BCUT2D eigenvalue weighted by atomic mass is 32.1. The van der Waals surface area contributed by atoms with Gasteiger partial charge in [0, 0.05) is 23.7 Å². The molecule has 0 aromatic carbocycles. The summed E-state index contributed by atoms with van der Waals surface area (Å²) in [7, 11) is 0. The van der Waals surface area contributed by atoms with Crippen LogP contribution in [0.25, 0.3) is 0 Å². The molecule has 1 fully saturated rings. The molecule has 1 saturated carbocycles. The number of rotatable bonds is 5. The van der Waals surface area contributed by atoms with Crippen LogP contribution in [0.15, 0.2) is 11.2 Å². The summed E-state index contributed by atoms with van der Waals surface area (Å²) in [4.78, 5) is 10.00. The number of hydrogen-bond donors (Lipinski definition) is 2. The predicted octanol–water partition coefficient (Wildman–Crippen LogP) is 3.88. The van der Waals surface area contributed by atoms with Crippen LogP contribution in [0, 0.1) is 5.92 Å². The van der Waals surface area contributed by atoms with Gasteiger partial charge in [-0.25, -0.2) is 9.98 Å². The summed E-state index contributed by atoms with van der Waals surface area (Å²) in [6.07, 6.45) is 0.375. The van der Waals surface area contributed by atoms with Crippen molar-refractivity contribution in [3.05, 3.63) is 16.1 Å². The van der Waals surface area contributed by atoms with Crippen LogP contribution in [-0.4, -0.2) is 29.7 Å². The maximum Gasteiger partial charge on any atom is 0.391 e. The molecule has 2 unspecified atom stereocenters. The molecule has 4 nitrogen and oxygen atoms in total. The first-order valence-corrected chi connectivity index (χ1v) is 9.29. The van der Waals surface area contributed by atoms with Crippen LogP contribution >= 0.6 is 11.3 Å². The van der Waals surface area contributed by atoms with Gasteiger partial charge in [0.1, 0.15) is 5.01 Å². The Morgan fingerprint density at radius 2 is 2.17 bits per heavy atom. The summed E-state index contributed by atoms with van der Waals surface area (Å²) in [6, 6.07) is -0.189. The van der Waals surface area contributed by atoms with E-state index in [1.54, 1.807) is 11.3 Å². The molecule has 0 amide bonds. The fourth-order valence-corrected chi connectivity index (χ4v) is 3.65. The largest absolute Gasteiger partial charge is 0.391 e. The van der Waals surface area contributed by atoms with Crippen molar-refractivity contribution in [1.29, 1.82) is 0 Å². The van der Waals surface area contributed by atoms with E-state index in [9.17, 15) is 13.2 Å². The molecule has 1 aromatic heterocycles. The normalized spacial score (nSPS) is 22.5. The fraction of sp³-hybridized carbons (Fsp3) is 0.750. The van der Waals surface area contributed by atoms with Crippen molar-refractivity contribution < 1.29 is 13.2 Å². The third kappa shape index (κ3) is 5.65. The van der Waals surface area contributed by atoms with Gasteiger partial charge in [0.25, 0.3) is 0 Å². The maximum absolute atomic E-state index is 12.9. The highest BCUT2D eigenvalue weighted by Gasteiger charge is 2.42. The predicted molar refractivity (Wildman–Crippen MR) is 91.2 cm³/mol. The quantitative estimate of drug-likeness (QED) is 0.617. The first-order chi connectivity index (χ1) is 11.4. The van der Waals surface area contributed by atoms with E-state index in [-0.39, 0.29) is 18.9 Å². The number of aliphatic imine (C=N–C) groups is 1. The van der Waals surface area contributed by atoms with Crippen molar-refractivity contribution in [2.45, 2.75) is 64.7 Å². The average molecular weight is 362 g/mol. The summed E-state index contributed by atoms with van der Waals surface area (Å²) >= 11 is 1.62. The van der Waals surface area contributed by atoms with E-state index in [1.807, 2.05) is 13.1 Å². The van der Waals surface area contributed by atoms with E-state index in [4.69, 9.17) is 0 Å². The number of nitrogens with one attached hydrogen (secondary N) is 2. The van der Waals surface area contributed by atoms with Gasteiger partial charge in [-0.1, -0.05) is 13.3 Å². The molecule has 2 N–H and O–H groups in total. The smallest absolute Gasteiger partial charge is 0.357 e. The molecule has 0 aliphatic heterocycles. The summed E-state index contributed by atoms with van der Waals surface area (Å²) < 4.78 is 38.8. The van der Waals surface area contributed by atoms with E-state index in [0.717, 1.165) is 17.8 Å². The Bertz CT molecular complexity index is 542. The average Bonchev–Trinajstić information content (AvgIpc) is 3.00.